The van der Waals surface area contributed by atoms with E-state index in [9.17, 15) is 18.8 Å². The van der Waals surface area contributed by atoms with Gasteiger partial charge in [0.2, 0.25) is 17.7 Å². The van der Waals surface area contributed by atoms with Crippen LogP contribution in [0.3, 0.4) is 0 Å². The topological polar surface area (TPSA) is 71.7 Å². The fourth-order valence-corrected chi connectivity index (χ4v) is 4.88. The number of aromatic nitrogens is 1. The number of thiazole rings is 1. The molecule has 2 heterocycles. The molecule has 2 fully saturated rings. The van der Waals surface area contributed by atoms with Gasteiger partial charge in [-0.1, -0.05) is 31.0 Å². The molecule has 0 bridgehead atoms. The standard InChI is InChI=1S/C21H22FN3O3S/c22-17-8-4-1-5-14(17)13-24-11-12-29-21(24)23-18(26)9-10-25-19(27)15-6-2-3-7-16(15)20(25)28/h1,4-5,8,11-12,15-16H,2-3,6-7,9-10,13H2/t15-,16+. The van der Waals surface area contributed by atoms with Gasteiger partial charge in [-0.05, 0) is 18.9 Å². The molecule has 152 valence electrons. The van der Waals surface area contributed by atoms with Crippen molar-refractivity contribution in [1.29, 1.82) is 0 Å². The summed E-state index contributed by atoms with van der Waals surface area (Å²) in [5.41, 5.74) is 0.510. The molecule has 2 aromatic rings. The molecule has 1 saturated heterocycles. The van der Waals surface area contributed by atoms with Gasteiger partial charge in [-0.25, -0.2) is 4.39 Å². The van der Waals surface area contributed by atoms with E-state index in [4.69, 9.17) is 0 Å². The third-order valence-electron chi connectivity index (χ3n) is 5.66. The highest BCUT2D eigenvalue weighted by atomic mass is 32.1. The Hall–Kier alpha value is -2.61. The van der Waals surface area contributed by atoms with Gasteiger partial charge in [-0.3, -0.25) is 19.3 Å². The predicted octanol–water partition coefficient (Wildman–Crippen LogP) is 2.73. The van der Waals surface area contributed by atoms with Crippen LogP contribution in [0.15, 0.2) is 40.8 Å². The molecule has 29 heavy (non-hydrogen) atoms. The molecule has 2 atom stereocenters. The first kappa shape index (κ1) is 19.7. The second-order valence-electron chi connectivity index (χ2n) is 7.49. The van der Waals surface area contributed by atoms with E-state index in [-0.39, 0.29) is 49.0 Å². The summed E-state index contributed by atoms with van der Waals surface area (Å²) in [6.07, 6.45) is 5.21. The largest absolute Gasteiger partial charge is 0.319 e. The number of amides is 3. The second kappa shape index (κ2) is 8.41. The Morgan fingerprint density at radius 1 is 1.14 bits per heavy atom. The summed E-state index contributed by atoms with van der Waals surface area (Å²) < 4.78 is 15.6. The van der Waals surface area contributed by atoms with Crippen LogP contribution in [0.4, 0.5) is 4.39 Å². The van der Waals surface area contributed by atoms with Gasteiger partial charge in [0.1, 0.15) is 5.82 Å². The molecule has 1 saturated carbocycles. The zero-order valence-corrected chi connectivity index (χ0v) is 16.7. The fourth-order valence-electron chi connectivity index (χ4n) is 4.14. The molecule has 1 aromatic heterocycles. The Bertz CT molecular complexity index is 988. The van der Waals surface area contributed by atoms with E-state index in [1.807, 2.05) is 0 Å². The van der Waals surface area contributed by atoms with Crippen molar-refractivity contribution in [3.05, 3.63) is 52.0 Å². The van der Waals surface area contributed by atoms with Crippen LogP contribution in [0.2, 0.25) is 0 Å². The third-order valence-corrected chi connectivity index (χ3v) is 6.45. The summed E-state index contributed by atoms with van der Waals surface area (Å²) in [7, 11) is 0. The van der Waals surface area contributed by atoms with E-state index in [2.05, 4.69) is 4.99 Å². The van der Waals surface area contributed by atoms with Crippen LogP contribution < -0.4 is 4.80 Å². The number of hydrogen-bond donors (Lipinski definition) is 0. The minimum atomic E-state index is -0.398. The number of rotatable bonds is 5. The molecule has 2 aliphatic rings. The first-order valence-electron chi connectivity index (χ1n) is 9.84. The van der Waals surface area contributed by atoms with E-state index < -0.39 is 5.91 Å². The number of imide groups is 1. The molecule has 1 aliphatic carbocycles. The lowest BCUT2D eigenvalue weighted by Gasteiger charge is -2.19. The highest BCUT2D eigenvalue weighted by Crippen LogP contribution is 2.37. The number of carbonyl (C=O) groups is 3. The number of carbonyl (C=O) groups excluding carboxylic acids is 3. The van der Waals surface area contributed by atoms with Gasteiger partial charge in [-0.15, -0.1) is 11.3 Å². The molecule has 8 heteroatoms. The Kier molecular flexibility index (Phi) is 5.71. The van der Waals surface area contributed by atoms with Gasteiger partial charge >= 0.3 is 0 Å². The average molecular weight is 415 g/mol. The van der Waals surface area contributed by atoms with Crippen LogP contribution >= 0.6 is 11.3 Å². The summed E-state index contributed by atoms with van der Waals surface area (Å²) in [5, 5.41) is 1.78. The van der Waals surface area contributed by atoms with Crippen LogP contribution in [0.5, 0.6) is 0 Å². The normalized spacial score (nSPS) is 22.2. The monoisotopic (exact) mass is 415 g/mol. The number of likely N-dealkylation sites (tertiary alicyclic amines) is 1. The molecular weight excluding hydrogens is 393 g/mol. The number of nitrogens with zero attached hydrogens (tertiary/aromatic N) is 3. The highest BCUT2D eigenvalue weighted by molar-refractivity contribution is 7.07. The zero-order valence-electron chi connectivity index (χ0n) is 15.9. The molecule has 0 N–H and O–H groups in total. The van der Waals surface area contributed by atoms with Crippen LogP contribution in [0.25, 0.3) is 0 Å². The SMILES string of the molecule is O=C(CCN1C(=O)[C@H]2CCCC[C@H]2C1=O)N=c1sccn1Cc1ccccc1F. The van der Waals surface area contributed by atoms with Crippen LogP contribution in [-0.2, 0) is 20.9 Å². The van der Waals surface area contributed by atoms with Gasteiger partial charge in [0.15, 0.2) is 4.80 Å². The summed E-state index contributed by atoms with van der Waals surface area (Å²) in [4.78, 5) is 43.2. The lowest BCUT2D eigenvalue weighted by molar-refractivity contribution is -0.140. The lowest BCUT2D eigenvalue weighted by Crippen LogP contribution is -2.33. The molecule has 1 aromatic carbocycles. The second-order valence-corrected chi connectivity index (χ2v) is 8.36. The average Bonchev–Trinajstić information content (AvgIpc) is 3.25. The first-order chi connectivity index (χ1) is 14.0. The Morgan fingerprint density at radius 3 is 2.52 bits per heavy atom. The van der Waals surface area contributed by atoms with Crippen molar-refractivity contribution in [3.63, 3.8) is 0 Å². The highest BCUT2D eigenvalue weighted by Gasteiger charge is 2.47. The van der Waals surface area contributed by atoms with Crippen molar-refractivity contribution in [1.82, 2.24) is 9.47 Å². The predicted molar refractivity (Wildman–Crippen MR) is 105 cm³/mol. The smallest absolute Gasteiger partial charge is 0.250 e. The Balaban J connectivity index is 1.42. The summed E-state index contributed by atoms with van der Waals surface area (Å²) in [6.45, 7) is 0.348. The van der Waals surface area contributed by atoms with E-state index in [0.29, 0.717) is 10.4 Å². The van der Waals surface area contributed by atoms with Gasteiger partial charge < -0.3 is 4.57 Å². The van der Waals surface area contributed by atoms with Gasteiger partial charge in [-0.2, -0.15) is 4.99 Å². The van der Waals surface area contributed by atoms with Crippen molar-refractivity contribution in [3.8, 4) is 0 Å². The summed E-state index contributed by atoms with van der Waals surface area (Å²) >= 11 is 1.28. The van der Waals surface area contributed by atoms with E-state index in [1.54, 1.807) is 34.3 Å². The molecule has 0 spiro atoms. The molecular formula is C21H22FN3O3S. The number of halogens is 1. The number of fused-ring (bicyclic) bond motifs is 1. The Labute approximate surface area is 171 Å². The van der Waals surface area contributed by atoms with Gasteiger partial charge in [0.05, 0.1) is 18.4 Å². The first-order valence-corrected chi connectivity index (χ1v) is 10.7. The molecule has 0 radical (unpaired) electrons. The fraction of sp³-hybridized carbons (Fsp3) is 0.429. The van der Waals surface area contributed by atoms with Gasteiger partial charge in [0.25, 0.3) is 0 Å². The Morgan fingerprint density at radius 2 is 1.83 bits per heavy atom. The van der Waals surface area contributed by atoms with E-state index >= 15 is 0 Å². The molecule has 3 amide bonds. The van der Waals surface area contributed by atoms with E-state index in [1.165, 1.54) is 22.3 Å². The maximum absolute atomic E-state index is 13.9. The molecule has 1 aliphatic heterocycles. The van der Waals surface area contributed by atoms with Crippen molar-refractivity contribution in [2.45, 2.75) is 38.6 Å². The third kappa shape index (κ3) is 4.07. The summed E-state index contributed by atoms with van der Waals surface area (Å²) in [5.74, 6) is -1.40. The van der Waals surface area contributed by atoms with Gasteiger partial charge in [0, 0.05) is 30.1 Å². The number of hydrogen-bond acceptors (Lipinski definition) is 4. The minimum absolute atomic E-state index is 0.00544. The molecule has 6 nitrogen and oxygen atoms in total. The zero-order chi connectivity index (χ0) is 20.4. The summed E-state index contributed by atoms with van der Waals surface area (Å²) in [6, 6.07) is 6.47. The maximum Gasteiger partial charge on any atom is 0.250 e. The maximum atomic E-state index is 13.9. The van der Waals surface area contributed by atoms with E-state index in [0.717, 1.165) is 25.7 Å². The van der Waals surface area contributed by atoms with Crippen molar-refractivity contribution in [2.75, 3.05) is 6.54 Å². The van der Waals surface area contributed by atoms with Crippen LogP contribution in [-0.4, -0.2) is 33.7 Å². The minimum Gasteiger partial charge on any atom is -0.319 e. The van der Waals surface area contributed by atoms with Crippen molar-refractivity contribution in [2.24, 2.45) is 16.8 Å². The van der Waals surface area contributed by atoms with Crippen molar-refractivity contribution < 1.29 is 18.8 Å². The van der Waals surface area contributed by atoms with Crippen molar-refractivity contribution >= 4 is 29.1 Å². The van der Waals surface area contributed by atoms with Crippen LogP contribution in [0.1, 0.15) is 37.7 Å². The van der Waals surface area contributed by atoms with Crippen LogP contribution in [0, 0.1) is 17.7 Å². The number of benzene rings is 1. The quantitative estimate of drug-likeness (QED) is 0.705. The molecule has 4 rings (SSSR count). The lowest BCUT2D eigenvalue weighted by atomic mass is 9.81. The molecule has 0 unspecified atom stereocenters.